The molecular weight excluding hydrogens is 230 g/mol. The lowest BCUT2D eigenvalue weighted by molar-refractivity contribution is 0.169. The Labute approximate surface area is 105 Å². The van der Waals surface area contributed by atoms with Gasteiger partial charge in [-0.05, 0) is 29.3 Å². The Morgan fingerprint density at radius 3 is 3.06 bits per heavy atom. The van der Waals surface area contributed by atoms with Crippen molar-refractivity contribution in [2.45, 2.75) is 37.8 Å². The lowest BCUT2D eigenvalue weighted by atomic mass is 10.1. The first-order chi connectivity index (χ1) is 8.83. The van der Waals surface area contributed by atoms with E-state index in [0.717, 1.165) is 5.56 Å². The van der Waals surface area contributed by atoms with E-state index in [1.807, 2.05) is 12.1 Å². The lowest BCUT2D eigenvalue weighted by Gasteiger charge is -2.16. The molecule has 2 N–H and O–H groups in total. The first kappa shape index (κ1) is 11.6. The molecule has 2 heterocycles. The van der Waals surface area contributed by atoms with Crippen molar-refractivity contribution in [3.8, 4) is 0 Å². The highest BCUT2D eigenvalue weighted by Crippen LogP contribution is 2.19. The van der Waals surface area contributed by atoms with E-state index in [1.165, 1.54) is 25.7 Å². The summed E-state index contributed by atoms with van der Waals surface area (Å²) in [5, 5.41) is 24.8. The van der Waals surface area contributed by atoms with E-state index in [-0.39, 0.29) is 0 Å². The number of hydrogen-bond donors (Lipinski definition) is 2. The van der Waals surface area contributed by atoms with E-state index in [1.54, 1.807) is 10.7 Å². The summed E-state index contributed by atoms with van der Waals surface area (Å²) < 4.78 is 1.58. The molecule has 3 rings (SSSR count). The Morgan fingerprint density at radius 1 is 1.39 bits per heavy atom. The second kappa shape index (κ2) is 4.99. The SMILES string of the molecule is OC(CNC1CCCC1)c1ccc2nnnn2c1. The van der Waals surface area contributed by atoms with Crippen LogP contribution >= 0.6 is 0 Å². The maximum absolute atomic E-state index is 10.1. The van der Waals surface area contributed by atoms with Gasteiger partial charge in [0.1, 0.15) is 0 Å². The fourth-order valence-corrected chi connectivity index (χ4v) is 2.48. The molecule has 0 amide bonds. The minimum absolute atomic E-state index is 0.515. The molecule has 1 unspecified atom stereocenters. The molecule has 6 nitrogen and oxygen atoms in total. The average Bonchev–Trinajstić information content (AvgIpc) is 3.05. The average molecular weight is 247 g/mol. The third kappa shape index (κ3) is 2.34. The molecule has 0 radical (unpaired) electrons. The van der Waals surface area contributed by atoms with Crippen molar-refractivity contribution in [2.24, 2.45) is 0 Å². The molecule has 0 aliphatic heterocycles. The Kier molecular flexibility index (Phi) is 3.21. The Balaban J connectivity index is 1.65. The van der Waals surface area contributed by atoms with Crippen LogP contribution in [0, 0.1) is 0 Å². The molecule has 0 spiro atoms. The fourth-order valence-electron chi connectivity index (χ4n) is 2.48. The summed E-state index contributed by atoms with van der Waals surface area (Å²) in [6.45, 7) is 0.582. The highest BCUT2D eigenvalue weighted by atomic mass is 16.3. The van der Waals surface area contributed by atoms with Crippen LogP contribution in [0.3, 0.4) is 0 Å². The summed E-state index contributed by atoms with van der Waals surface area (Å²) in [6, 6.07) is 4.25. The Bertz CT molecular complexity index is 520. The monoisotopic (exact) mass is 247 g/mol. The molecule has 6 heteroatoms. The number of aromatic nitrogens is 4. The van der Waals surface area contributed by atoms with Crippen LogP contribution in [-0.2, 0) is 0 Å². The first-order valence-electron chi connectivity index (χ1n) is 6.42. The van der Waals surface area contributed by atoms with E-state index in [2.05, 4.69) is 20.8 Å². The van der Waals surface area contributed by atoms with Crippen LogP contribution in [0.2, 0.25) is 0 Å². The number of aliphatic hydroxyl groups is 1. The number of nitrogens with zero attached hydrogens (tertiary/aromatic N) is 4. The highest BCUT2D eigenvalue weighted by molar-refractivity contribution is 5.36. The zero-order chi connectivity index (χ0) is 12.4. The van der Waals surface area contributed by atoms with E-state index in [4.69, 9.17) is 0 Å². The van der Waals surface area contributed by atoms with Crippen LogP contribution in [0.15, 0.2) is 18.3 Å². The van der Waals surface area contributed by atoms with E-state index in [0.29, 0.717) is 18.2 Å². The number of hydrogen-bond acceptors (Lipinski definition) is 5. The van der Waals surface area contributed by atoms with Crippen molar-refractivity contribution in [2.75, 3.05) is 6.54 Å². The summed E-state index contributed by atoms with van der Waals surface area (Å²) in [5.41, 5.74) is 1.52. The second-order valence-corrected chi connectivity index (χ2v) is 4.85. The largest absolute Gasteiger partial charge is 0.387 e. The van der Waals surface area contributed by atoms with Gasteiger partial charge in [0.15, 0.2) is 5.65 Å². The fraction of sp³-hybridized carbons (Fsp3) is 0.583. The minimum Gasteiger partial charge on any atom is -0.387 e. The molecule has 1 aliphatic carbocycles. The summed E-state index contributed by atoms with van der Waals surface area (Å²) in [5.74, 6) is 0. The van der Waals surface area contributed by atoms with E-state index in [9.17, 15) is 5.11 Å². The summed E-state index contributed by atoms with van der Waals surface area (Å²) in [6.07, 6.45) is 6.29. The molecule has 0 aromatic carbocycles. The molecule has 1 aliphatic rings. The van der Waals surface area contributed by atoms with Gasteiger partial charge < -0.3 is 10.4 Å². The van der Waals surface area contributed by atoms with Gasteiger partial charge in [0.05, 0.1) is 6.10 Å². The number of fused-ring (bicyclic) bond motifs is 1. The topological polar surface area (TPSA) is 75.3 Å². The van der Waals surface area contributed by atoms with Gasteiger partial charge in [0.25, 0.3) is 0 Å². The minimum atomic E-state index is -0.515. The van der Waals surface area contributed by atoms with Crippen molar-refractivity contribution >= 4 is 5.65 Å². The van der Waals surface area contributed by atoms with Crippen LogP contribution in [0.5, 0.6) is 0 Å². The van der Waals surface area contributed by atoms with Crippen molar-refractivity contribution in [3.63, 3.8) is 0 Å². The second-order valence-electron chi connectivity index (χ2n) is 4.85. The van der Waals surface area contributed by atoms with Crippen LogP contribution < -0.4 is 5.32 Å². The number of tetrazole rings is 1. The van der Waals surface area contributed by atoms with Gasteiger partial charge in [-0.15, -0.1) is 5.10 Å². The van der Waals surface area contributed by atoms with Crippen molar-refractivity contribution in [3.05, 3.63) is 23.9 Å². The molecule has 1 fully saturated rings. The smallest absolute Gasteiger partial charge is 0.179 e. The number of rotatable bonds is 4. The molecule has 18 heavy (non-hydrogen) atoms. The molecule has 0 bridgehead atoms. The number of aliphatic hydroxyl groups excluding tert-OH is 1. The van der Waals surface area contributed by atoms with E-state index >= 15 is 0 Å². The van der Waals surface area contributed by atoms with Crippen LogP contribution in [0.4, 0.5) is 0 Å². The molecule has 2 aromatic rings. The maximum Gasteiger partial charge on any atom is 0.179 e. The van der Waals surface area contributed by atoms with Gasteiger partial charge in [0.2, 0.25) is 0 Å². The molecule has 1 saturated carbocycles. The predicted octanol–water partition coefficient (Wildman–Crippen LogP) is 0.690. The van der Waals surface area contributed by atoms with Gasteiger partial charge >= 0.3 is 0 Å². The zero-order valence-electron chi connectivity index (χ0n) is 10.2. The van der Waals surface area contributed by atoms with Crippen molar-refractivity contribution < 1.29 is 5.11 Å². The van der Waals surface area contributed by atoms with E-state index < -0.39 is 6.10 Å². The van der Waals surface area contributed by atoms with Gasteiger partial charge in [-0.2, -0.15) is 0 Å². The van der Waals surface area contributed by atoms with Crippen molar-refractivity contribution in [1.29, 1.82) is 0 Å². The third-order valence-electron chi connectivity index (χ3n) is 3.55. The molecule has 96 valence electrons. The Hall–Kier alpha value is -1.53. The first-order valence-corrected chi connectivity index (χ1v) is 6.42. The lowest BCUT2D eigenvalue weighted by Crippen LogP contribution is -2.30. The molecule has 2 aromatic heterocycles. The highest BCUT2D eigenvalue weighted by Gasteiger charge is 2.16. The Morgan fingerprint density at radius 2 is 2.22 bits per heavy atom. The summed E-state index contributed by atoms with van der Waals surface area (Å²) in [7, 11) is 0. The number of pyridine rings is 1. The quantitative estimate of drug-likeness (QED) is 0.831. The third-order valence-corrected chi connectivity index (χ3v) is 3.55. The van der Waals surface area contributed by atoms with Crippen molar-refractivity contribution in [1.82, 2.24) is 25.4 Å². The van der Waals surface area contributed by atoms with Gasteiger partial charge in [-0.3, -0.25) is 0 Å². The summed E-state index contributed by atoms with van der Waals surface area (Å²) in [4.78, 5) is 0. The van der Waals surface area contributed by atoms with Crippen LogP contribution in [-0.4, -0.2) is 37.7 Å². The van der Waals surface area contributed by atoms with Crippen LogP contribution in [0.1, 0.15) is 37.4 Å². The molecule has 1 atom stereocenters. The zero-order valence-corrected chi connectivity index (χ0v) is 10.2. The van der Waals surface area contributed by atoms with Crippen LogP contribution in [0.25, 0.3) is 5.65 Å². The molecular formula is C12H17N5O. The van der Waals surface area contributed by atoms with Gasteiger partial charge in [-0.1, -0.05) is 18.9 Å². The summed E-state index contributed by atoms with van der Waals surface area (Å²) >= 11 is 0. The molecule has 0 saturated heterocycles. The normalized spacial score (nSPS) is 18.5. The number of nitrogens with one attached hydrogen (secondary N) is 1. The predicted molar refractivity (Wildman–Crippen MR) is 66.0 cm³/mol. The standard InChI is InChI=1S/C12H17N5O/c18-11(7-13-10-3-1-2-4-10)9-5-6-12-14-15-16-17(12)8-9/h5-6,8,10-11,13,18H,1-4,7H2. The maximum atomic E-state index is 10.1. The van der Waals surface area contributed by atoms with Gasteiger partial charge in [-0.25, -0.2) is 4.52 Å². The van der Waals surface area contributed by atoms with Gasteiger partial charge in [0, 0.05) is 24.3 Å².